The highest BCUT2D eigenvalue weighted by Gasteiger charge is 2.18. The molecule has 0 aliphatic carbocycles. The van der Waals surface area contributed by atoms with Crippen LogP contribution in [0.4, 0.5) is 5.95 Å². The first-order chi connectivity index (χ1) is 8.24. The van der Waals surface area contributed by atoms with Crippen LogP contribution >= 0.6 is 11.3 Å². The number of rotatable bonds is 1. The van der Waals surface area contributed by atoms with Crippen LogP contribution in [0.5, 0.6) is 0 Å². The third kappa shape index (κ3) is 1.89. The molecule has 3 rings (SSSR count). The second-order valence-electron chi connectivity index (χ2n) is 3.72. The molecule has 8 heteroatoms. The maximum absolute atomic E-state index is 11.4. The van der Waals surface area contributed by atoms with E-state index in [2.05, 4.69) is 15.1 Å². The van der Waals surface area contributed by atoms with Crippen molar-refractivity contribution in [3.05, 3.63) is 15.5 Å². The number of morpholine rings is 1. The predicted octanol–water partition coefficient (Wildman–Crippen LogP) is -0.309. The van der Waals surface area contributed by atoms with Gasteiger partial charge in [-0.2, -0.15) is 19.6 Å². The van der Waals surface area contributed by atoms with Crippen molar-refractivity contribution in [3.63, 3.8) is 0 Å². The lowest BCUT2D eigenvalue weighted by molar-refractivity contribution is 0.121. The van der Waals surface area contributed by atoms with E-state index in [0.717, 1.165) is 18.1 Å². The Morgan fingerprint density at radius 2 is 2.06 bits per heavy atom. The van der Waals surface area contributed by atoms with E-state index in [4.69, 9.17) is 4.74 Å². The number of hydrogen-bond acceptors (Lipinski definition) is 7. The molecule has 0 bridgehead atoms. The molecule has 1 saturated heterocycles. The summed E-state index contributed by atoms with van der Waals surface area (Å²) in [7, 11) is 0. The van der Waals surface area contributed by atoms with E-state index < -0.39 is 5.69 Å². The van der Waals surface area contributed by atoms with Crippen LogP contribution in [0.1, 0.15) is 5.01 Å². The predicted molar refractivity (Wildman–Crippen MR) is 62.7 cm³/mol. The zero-order valence-electron chi connectivity index (χ0n) is 9.29. The smallest absolute Gasteiger partial charge is 0.373 e. The zero-order chi connectivity index (χ0) is 11.8. The third-order valence-electron chi connectivity index (χ3n) is 2.53. The van der Waals surface area contributed by atoms with Gasteiger partial charge in [0.25, 0.3) is 0 Å². The van der Waals surface area contributed by atoms with Gasteiger partial charge >= 0.3 is 5.69 Å². The molecule has 0 radical (unpaired) electrons. The lowest BCUT2D eigenvalue weighted by atomic mass is 10.4. The van der Waals surface area contributed by atoms with Crippen LogP contribution in [0.2, 0.25) is 0 Å². The van der Waals surface area contributed by atoms with Crippen molar-refractivity contribution in [1.29, 1.82) is 0 Å². The Bertz CT molecular complexity index is 601. The Kier molecular flexibility index (Phi) is 2.52. The molecular weight excluding hydrogens is 242 g/mol. The molecule has 2 aromatic heterocycles. The number of fused-ring (bicyclic) bond motifs is 1. The fraction of sp³-hybridized carbons (Fsp3) is 0.556. The molecule has 0 unspecified atom stereocenters. The molecule has 0 atom stereocenters. The van der Waals surface area contributed by atoms with Crippen molar-refractivity contribution in [3.8, 4) is 0 Å². The number of ether oxygens (including phenoxy) is 1. The summed E-state index contributed by atoms with van der Waals surface area (Å²) in [6.07, 6.45) is 0. The summed E-state index contributed by atoms with van der Waals surface area (Å²) in [6, 6.07) is 0. The summed E-state index contributed by atoms with van der Waals surface area (Å²) in [4.78, 5) is 21.8. The highest BCUT2D eigenvalue weighted by molar-refractivity contribution is 7.16. The number of anilines is 1. The molecule has 0 spiro atoms. The standard InChI is InChI=1S/C9H11N5O2S/c1-6-12-14-8(13-2-4-16-5-3-13)10-7(15)11-9(14)17-6/h2-5H2,1H3. The zero-order valence-corrected chi connectivity index (χ0v) is 10.1. The summed E-state index contributed by atoms with van der Waals surface area (Å²) < 4.78 is 6.91. The van der Waals surface area contributed by atoms with E-state index in [-0.39, 0.29) is 0 Å². The maximum atomic E-state index is 11.4. The number of aryl methyl sites for hydroxylation is 1. The Hall–Kier alpha value is -1.54. The molecule has 2 aromatic rings. The quantitative estimate of drug-likeness (QED) is 0.694. The number of hydrogen-bond donors (Lipinski definition) is 0. The Balaban J connectivity index is 2.16. The summed E-state index contributed by atoms with van der Waals surface area (Å²) in [5, 5.41) is 5.18. The van der Waals surface area contributed by atoms with E-state index >= 15 is 0 Å². The summed E-state index contributed by atoms with van der Waals surface area (Å²) in [5.74, 6) is 0.563. The summed E-state index contributed by atoms with van der Waals surface area (Å²) in [6.45, 7) is 4.60. The van der Waals surface area contributed by atoms with Crippen molar-refractivity contribution in [2.75, 3.05) is 31.2 Å². The molecule has 1 fully saturated rings. The normalized spacial score (nSPS) is 16.6. The molecule has 0 N–H and O–H groups in total. The summed E-state index contributed by atoms with van der Waals surface area (Å²) in [5.41, 5.74) is -0.463. The van der Waals surface area contributed by atoms with Crippen molar-refractivity contribution in [2.45, 2.75) is 6.92 Å². The van der Waals surface area contributed by atoms with Gasteiger partial charge in [-0.3, -0.25) is 0 Å². The Labute approximate surface area is 101 Å². The van der Waals surface area contributed by atoms with Gasteiger partial charge in [-0.25, -0.2) is 4.79 Å². The molecule has 1 aliphatic rings. The molecule has 1 aliphatic heterocycles. The van der Waals surface area contributed by atoms with Gasteiger partial charge < -0.3 is 9.64 Å². The minimum absolute atomic E-state index is 0.463. The van der Waals surface area contributed by atoms with Crippen molar-refractivity contribution in [1.82, 2.24) is 19.6 Å². The van der Waals surface area contributed by atoms with Crippen LogP contribution in [0.15, 0.2) is 4.79 Å². The van der Waals surface area contributed by atoms with E-state index in [0.29, 0.717) is 24.1 Å². The van der Waals surface area contributed by atoms with Gasteiger partial charge in [-0.15, -0.1) is 0 Å². The van der Waals surface area contributed by atoms with Gasteiger partial charge in [-0.05, 0) is 6.92 Å². The first-order valence-electron chi connectivity index (χ1n) is 5.31. The highest BCUT2D eigenvalue weighted by atomic mass is 32.1. The van der Waals surface area contributed by atoms with Gasteiger partial charge in [0, 0.05) is 13.1 Å². The minimum Gasteiger partial charge on any atom is -0.378 e. The second-order valence-corrected chi connectivity index (χ2v) is 4.88. The van der Waals surface area contributed by atoms with Crippen LogP contribution in [-0.4, -0.2) is 45.9 Å². The summed E-state index contributed by atoms with van der Waals surface area (Å²) >= 11 is 1.39. The minimum atomic E-state index is -0.463. The second kappa shape index (κ2) is 4.04. The fourth-order valence-corrected chi connectivity index (χ4v) is 2.51. The van der Waals surface area contributed by atoms with Crippen molar-refractivity contribution < 1.29 is 4.74 Å². The van der Waals surface area contributed by atoms with E-state index in [1.54, 1.807) is 4.52 Å². The first kappa shape index (κ1) is 10.6. The number of nitrogens with zero attached hydrogens (tertiary/aromatic N) is 5. The molecule has 0 aromatic carbocycles. The Morgan fingerprint density at radius 3 is 2.82 bits per heavy atom. The van der Waals surface area contributed by atoms with E-state index in [1.807, 2.05) is 11.8 Å². The van der Waals surface area contributed by atoms with Gasteiger partial charge in [0.15, 0.2) is 0 Å². The van der Waals surface area contributed by atoms with Gasteiger partial charge in [0.05, 0.1) is 13.2 Å². The number of aromatic nitrogens is 4. The Morgan fingerprint density at radius 1 is 1.29 bits per heavy atom. The van der Waals surface area contributed by atoms with Crippen LogP contribution in [0.3, 0.4) is 0 Å². The topological polar surface area (TPSA) is 72.6 Å². The van der Waals surface area contributed by atoms with E-state index in [1.165, 1.54) is 11.3 Å². The third-order valence-corrected chi connectivity index (χ3v) is 3.36. The van der Waals surface area contributed by atoms with Gasteiger partial charge in [-0.1, -0.05) is 11.3 Å². The lowest BCUT2D eigenvalue weighted by Gasteiger charge is -2.27. The highest BCUT2D eigenvalue weighted by Crippen LogP contribution is 2.16. The molecule has 17 heavy (non-hydrogen) atoms. The van der Waals surface area contributed by atoms with E-state index in [9.17, 15) is 4.79 Å². The molecular formula is C9H11N5O2S. The largest absolute Gasteiger partial charge is 0.378 e. The SMILES string of the molecule is Cc1nn2c(N3CCOCC3)nc(=O)nc2s1. The van der Waals surface area contributed by atoms with Crippen LogP contribution < -0.4 is 10.6 Å². The molecule has 0 saturated carbocycles. The van der Waals surface area contributed by atoms with Crippen molar-refractivity contribution in [2.24, 2.45) is 0 Å². The van der Waals surface area contributed by atoms with Crippen LogP contribution in [0.25, 0.3) is 4.96 Å². The van der Waals surface area contributed by atoms with Crippen molar-refractivity contribution >= 4 is 22.2 Å². The lowest BCUT2D eigenvalue weighted by Crippen LogP contribution is -2.39. The van der Waals surface area contributed by atoms with Gasteiger partial charge in [0.1, 0.15) is 5.01 Å². The molecule has 7 nitrogen and oxygen atoms in total. The molecule has 0 amide bonds. The molecule has 90 valence electrons. The van der Waals surface area contributed by atoms with Crippen LogP contribution in [-0.2, 0) is 4.74 Å². The first-order valence-corrected chi connectivity index (χ1v) is 6.13. The average molecular weight is 253 g/mol. The van der Waals surface area contributed by atoms with Gasteiger partial charge in [0.2, 0.25) is 10.9 Å². The monoisotopic (exact) mass is 253 g/mol. The maximum Gasteiger partial charge on any atom is 0.373 e. The fourth-order valence-electron chi connectivity index (χ4n) is 1.79. The average Bonchev–Trinajstić information content (AvgIpc) is 2.69. The molecule has 3 heterocycles. The van der Waals surface area contributed by atoms with Crippen LogP contribution in [0, 0.1) is 6.92 Å².